The lowest BCUT2D eigenvalue weighted by Crippen LogP contribution is -2.38. The van der Waals surface area contributed by atoms with Crippen LogP contribution >= 0.6 is 24.0 Å². The Morgan fingerprint density at radius 3 is 2.43 bits per heavy atom. The molecule has 1 fully saturated rings. The van der Waals surface area contributed by atoms with Crippen molar-refractivity contribution in [2.75, 3.05) is 26.2 Å². The summed E-state index contributed by atoms with van der Waals surface area (Å²) in [6.07, 6.45) is 10.3. The van der Waals surface area contributed by atoms with Gasteiger partial charge in [-0.1, -0.05) is 37.1 Å². The van der Waals surface area contributed by atoms with E-state index in [1.807, 2.05) is 23.1 Å². The highest BCUT2D eigenvalue weighted by Gasteiger charge is 2.09. The van der Waals surface area contributed by atoms with Gasteiger partial charge in [0.2, 0.25) is 0 Å². The second-order valence-corrected chi connectivity index (χ2v) is 7.75. The molecule has 6 nitrogen and oxygen atoms in total. The van der Waals surface area contributed by atoms with E-state index in [2.05, 4.69) is 51.8 Å². The van der Waals surface area contributed by atoms with Crippen LogP contribution in [0, 0.1) is 0 Å². The van der Waals surface area contributed by atoms with E-state index >= 15 is 0 Å². The van der Waals surface area contributed by atoms with Gasteiger partial charge in [-0.05, 0) is 56.5 Å². The number of aromatic nitrogens is 2. The molecule has 7 heteroatoms. The molecule has 1 aromatic carbocycles. The molecule has 2 N–H and O–H groups in total. The molecule has 3 rings (SSSR count). The Kier molecular flexibility index (Phi) is 11.8. The topological polar surface area (TPSA) is 57.5 Å². The van der Waals surface area contributed by atoms with Crippen molar-refractivity contribution >= 4 is 29.9 Å². The van der Waals surface area contributed by atoms with Gasteiger partial charge in [0.25, 0.3) is 0 Å². The summed E-state index contributed by atoms with van der Waals surface area (Å²) in [5, 5.41) is 11.0. The Bertz CT molecular complexity index is 706. The van der Waals surface area contributed by atoms with Gasteiger partial charge in [0.05, 0.1) is 6.54 Å². The zero-order valence-corrected chi connectivity index (χ0v) is 20.6. The smallest absolute Gasteiger partial charge is 0.191 e. The van der Waals surface area contributed by atoms with Crippen molar-refractivity contribution in [3.05, 3.63) is 53.9 Å². The minimum Gasteiger partial charge on any atom is -0.357 e. The van der Waals surface area contributed by atoms with E-state index in [0.717, 1.165) is 38.6 Å². The number of aryl methyl sites for hydroxylation is 1. The molecular weight excluding hydrogens is 487 g/mol. The number of guanidine groups is 1. The van der Waals surface area contributed by atoms with Crippen molar-refractivity contribution in [2.45, 2.75) is 58.7 Å². The summed E-state index contributed by atoms with van der Waals surface area (Å²) in [5.41, 5.74) is 2.65. The molecule has 0 amide bonds. The summed E-state index contributed by atoms with van der Waals surface area (Å²) in [5.74, 6) is 0.876. The van der Waals surface area contributed by atoms with Crippen LogP contribution in [-0.4, -0.2) is 46.8 Å². The van der Waals surface area contributed by atoms with Crippen molar-refractivity contribution in [2.24, 2.45) is 4.99 Å². The molecule has 1 aliphatic heterocycles. The molecule has 2 aromatic rings. The fourth-order valence-corrected chi connectivity index (χ4v) is 3.70. The van der Waals surface area contributed by atoms with Gasteiger partial charge in [-0.3, -0.25) is 9.58 Å². The third kappa shape index (κ3) is 9.04. The number of aliphatic imine (C=N–C) groups is 1. The fourth-order valence-electron chi connectivity index (χ4n) is 3.70. The zero-order chi connectivity index (χ0) is 20.2. The van der Waals surface area contributed by atoms with Crippen LogP contribution in [0.4, 0.5) is 0 Å². The number of hydrogen-bond donors (Lipinski definition) is 2. The first-order valence-electron chi connectivity index (χ1n) is 11.1. The highest BCUT2D eigenvalue weighted by Crippen LogP contribution is 2.14. The number of hydrogen-bond acceptors (Lipinski definition) is 3. The molecule has 0 spiro atoms. The second-order valence-electron chi connectivity index (χ2n) is 7.75. The molecule has 166 valence electrons. The van der Waals surface area contributed by atoms with E-state index in [1.165, 1.54) is 49.9 Å². The minimum atomic E-state index is 0. The minimum absolute atomic E-state index is 0. The molecule has 1 aliphatic rings. The Balaban J connectivity index is 0.00000320. The Morgan fingerprint density at radius 2 is 1.77 bits per heavy atom. The molecule has 0 saturated carbocycles. The standard InChI is InChI=1S/C23H36N6.HI/c1-2-24-23(25-13-7-17-29-18-8-14-27-29)26-19-21-9-11-22(12-10-21)20-28-15-5-3-4-6-16-28;/h8-12,14,18H,2-7,13,15-17,19-20H2,1H3,(H2,24,25,26);1H. The predicted molar refractivity (Wildman–Crippen MR) is 135 cm³/mol. The predicted octanol–water partition coefficient (Wildman–Crippen LogP) is 4.02. The molecule has 0 atom stereocenters. The van der Waals surface area contributed by atoms with Crippen LogP contribution in [0.1, 0.15) is 50.2 Å². The summed E-state index contributed by atoms with van der Waals surface area (Å²) >= 11 is 0. The SMILES string of the molecule is CCNC(=NCc1ccc(CN2CCCCCC2)cc1)NCCCn1cccn1.I. The second kappa shape index (κ2) is 14.4. The first-order chi connectivity index (χ1) is 14.3. The van der Waals surface area contributed by atoms with Crippen molar-refractivity contribution in [3.63, 3.8) is 0 Å². The van der Waals surface area contributed by atoms with Gasteiger partial charge in [0.1, 0.15) is 0 Å². The largest absolute Gasteiger partial charge is 0.357 e. The molecule has 2 heterocycles. The number of rotatable bonds is 9. The molecule has 0 unspecified atom stereocenters. The summed E-state index contributed by atoms with van der Waals surface area (Å²) in [4.78, 5) is 7.33. The Hall–Kier alpha value is -1.61. The molecule has 1 saturated heterocycles. The number of halogens is 1. The van der Waals surface area contributed by atoms with Crippen LogP contribution < -0.4 is 10.6 Å². The van der Waals surface area contributed by atoms with Gasteiger partial charge >= 0.3 is 0 Å². The lowest BCUT2D eigenvalue weighted by molar-refractivity contribution is 0.277. The van der Waals surface area contributed by atoms with Crippen LogP contribution in [0.3, 0.4) is 0 Å². The van der Waals surface area contributed by atoms with Gasteiger partial charge in [-0.25, -0.2) is 4.99 Å². The highest BCUT2D eigenvalue weighted by atomic mass is 127. The lowest BCUT2D eigenvalue weighted by atomic mass is 10.1. The van der Waals surface area contributed by atoms with Crippen LogP contribution in [0.15, 0.2) is 47.7 Å². The van der Waals surface area contributed by atoms with E-state index in [1.54, 1.807) is 0 Å². The monoisotopic (exact) mass is 524 g/mol. The van der Waals surface area contributed by atoms with Crippen LogP contribution in [-0.2, 0) is 19.6 Å². The molecule has 0 radical (unpaired) electrons. The third-order valence-electron chi connectivity index (χ3n) is 5.31. The van der Waals surface area contributed by atoms with Gasteiger partial charge in [-0.15, -0.1) is 24.0 Å². The van der Waals surface area contributed by atoms with E-state index in [-0.39, 0.29) is 24.0 Å². The van der Waals surface area contributed by atoms with E-state index in [9.17, 15) is 0 Å². The van der Waals surface area contributed by atoms with E-state index in [4.69, 9.17) is 4.99 Å². The van der Waals surface area contributed by atoms with E-state index in [0.29, 0.717) is 6.54 Å². The molecule has 0 bridgehead atoms. The van der Waals surface area contributed by atoms with Crippen molar-refractivity contribution in [1.29, 1.82) is 0 Å². The average molecular weight is 524 g/mol. The molecule has 1 aromatic heterocycles. The molecule has 0 aliphatic carbocycles. The molecular formula is C23H37IN6. The van der Waals surface area contributed by atoms with Crippen molar-refractivity contribution < 1.29 is 0 Å². The maximum Gasteiger partial charge on any atom is 0.191 e. The summed E-state index contributed by atoms with van der Waals surface area (Å²) < 4.78 is 1.96. The maximum atomic E-state index is 4.74. The quantitative estimate of drug-likeness (QED) is 0.225. The van der Waals surface area contributed by atoms with Crippen LogP contribution in [0.5, 0.6) is 0 Å². The van der Waals surface area contributed by atoms with Gasteiger partial charge < -0.3 is 10.6 Å². The Morgan fingerprint density at radius 1 is 1.03 bits per heavy atom. The van der Waals surface area contributed by atoms with Gasteiger partial charge in [0, 0.05) is 38.6 Å². The van der Waals surface area contributed by atoms with Crippen LogP contribution in [0.25, 0.3) is 0 Å². The Labute approximate surface area is 198 Å². The first kappa shape index (κ1) is 24.7. The van der Waals surface area contributed by atoms with Gasteiger partial charge in [0.15, 0.2) is 5.96 Å². The molecule has 30 heavy (non-hydrogen) atoms. The number of nitrogens with one attached hydrogen (secondary N) is 2. The maximum absolute atomic E-state index is 4.74. The summed E-state index contributed by atoms with van der Waals surface area (Å²) in [6, 6.07) is 10.9. The number of benzene rings is 1. The normalized spacial score (nSPS) is 15.3. The first-order valence-corrected chi connectivity index (χ1v) is 11.1. The van der Waals surface area contributed by atoms with Gasteiger partial charge in [-0.2, -0.15) is 5.10 Å². The number of likely N-dealkylation sites (tertiary alicyclic amines) is 1. The lowest BCUT2D eigenvalue weighted by Gasteiger charge is -2.19. The third-order valence-corrected chi connectivity index (χ3v) is 5.31. The van der Waals surface area contributed by atoms with E-state index < -0.39 is 0 Å². The average Bonchev–Trinajstić information content (AvgIpc) is 3.13. The zero-order valence-electron chi connectivity index (χ0n) is 18.2. The summed E-state index contributed by atoms with van der Waals surface area (Å²) in [7, 11) is 0. The fraction of sp³-hybridized carbons (Fsp3) is 0.565. The van der Waals surface area contributed by atoms with Crippen LogP contribution in [0.2, 0.25) is 0 Å². The van der Waals surface area contributed by atoms with Crippen molar-refractivity contribution in [3.8, 4) is 0 Å². The van der Waals surface area contributed by atoms with Crippen molar-refractivity contribution in [1.82, 2.24) is 25.3 Å². The summed E-state index contributed by atoms with van der Waals surface area (Å²) in [6.45, 7) is 8.99. The number of nitrogens with zero attached hydrogens (tertiary/aromatic N) is 4. The highest BCUT2D eigenvalue weighted by molar-refractivity contribution is 14.0.